The second-order valence-electron chi connectivity index (χ2n) is 6.02. The molecule has 1 fully saturated rings. The summed E-state index contributed by atoms with van der Waals surface area (Å²) in [5.74, 6) is 0. The van der Waals surface area contributed by atoms with E-state index in [1.165, 1.54) is 19.3 Å². The lowest BCUT2D eigenvalue weighted by Crippen LogP contribution is -2.55. The van der Waals surface area contributed by atoms with Crippen molar-refractivity contribution in [2.75, 3.05) is 19.7 Å². The van der Waals surface area contributed by atoms with Gasteiger partial charge in [-0.1, -0.05) is 27.2 Å². The van der Waals surface area contributed by atoms with Crippen molar-refractivity contribution in [2.45, 2.75) is 58.5 Å². The van der Waals surface area contributed by atoms with Crippen LogP contribution in [0.1, 0.15) is 46.5 Å². The fourth-order valence-corrected chi connectivity index (χ4v) is 2.55. The first-order valence-corrected chi connectivity index (χ1v) is 6.57. The predicted octanol–water partition coefficient (Wildman–Crippen LogP) is 1.60. The summed E-state index contributed by atoms with van der Waals surface area (Å²) >= 11 is 0. The van der Waals surface area contributed by atoms with E-state index in [2.05, 4.69) is 25.7 Å². The van der Waals surface area contributed by atoms with E-state index >= 15 is 0 Å². The van der Waals surface area contributed by atoms with Crippen LogP contribution in [0.15, 0.2) is 0 Å². The van der Waals surface area contributed by atoms with Crippen LogP contribution in [0.25, 0.3) is 0 Å². The van der Waals surface area contributed by atoms with Gasteiger partial charge >= 0.3 is 0 Å². The van der Waals surface area contributed by atoms with Gasteiger partial charge in [-0.05, 0) is 24.7 Å². The molecule has 1 rings (SSSR count). The summed E-state index contributed by atoms with van der Waals surface area (Å²) in [6.45, 7) is 8.76. The van der Waals surface area contributed by atoms with Crippen molar-refractivity contribution in [3.63, 3.8) is 0 Å². The molecule has 0 saturated heterocycles. The lowest BCUT2D eigenvalue weighted by atomic mass is 9.81. The maximum atomic E-state index is 8.99. The highest BCUT2D eigenvalue weighted by Crippen LogP contribution is 2.32. The summed E-state index contributed by atoms with van der Waals surface area (Å²) in [6.07, 6.45) is 4.82. The van der Waals surface area contributed by atoms with Crippen LogP contribution in [-0.2, 0) is 0 Å². The Kier molecular flexibility index (Phi) is 5.22. The molecule has 3 N–H and O–H groups in total. The van der Waals surface area contributed by atoms with Crippen molar-refractivity contribution in [2.24, 2.45) is 11.1 Å². The summed E-state index contributed by atoms with van der Waals surface area (Å²) in [6, 6.07) is 1.14. The second-order valence-corrected chi connectivity index (χ2v) is 6.02. The Labute approximate surface area is 100 Å². The minimum Gasteiger partial charge on any atom is -0.396 e. The van der Waals surface area contributed by atoms with Gasteiger partial charge in [0.25, 0.3) is 0 Å². The standard InChI is InChI=1S/C13H28N2O/c1-13(2,3)12(10-14)15(8-5-9-16)11-6-4-7-11/h11-12,16H,4-10,14H2,1-3H3. The molecule has 0 aromatic rings. The Morgan fingerprint density at radius 2 is 2.00 bits per heavy atom. The van der Waals surface area contributed by atoms with Crippen molar-refractivity contribution in [1.29, 1.82) is 0 Å². The minimum atomic E-state index is 0.222. The number of nitrogens with two attached hydrogens (primary N) is 1. The van der Waals surface area contributed by atoms with Crippen molar-refractivity contribution in [3.05, 3.63) is 0 Å². The van der Waals surface area contributed by atoms with E-state index in [1.807, 2.05) is 0 Å². The van der Waals surface area contributed by atoms with Gasteiger partial charge in [-0.15, -0.1) is 0 Å². The number of aliphatic hydroxyl groups is 1. The SMILES string of the molecule is CC(C)(C)C(CN)N(CCCO)C1CCC1. The molecule has 16 heavy (non-hydrogen) atoms. The number of hydrogen-bond donors (Lipinski definition) is 2. The Bertz CT molecular complexity index is 197. The van der Waals surface area contributed by atoms with Crippen molar-refractivity contribution >= 4 is 0 Å². The molecule has 1 atom stereocenters. The third-order valence-corrected chi connectivity index (χ3v) is 3.74. The van der Waals surface area contributed by atoms with E-state index in [0.717, 1.165) is 13.0 Å². The quantitative estimate of drug-likeness (QED) is 0.726. The highest BCUT2D eigenvalue weighted by atomic mass is 16.3. The van der Waals surface area contributed by atoms with E-state index in [4.69, 9.17) is 10.8 Å². The molecular weight excluding hydrogens is 200 g/mol. The average molecular weight is 228 g/mol. The molecule has 1 aliphatic carbocycles. The highest BCUT2D eigenvalue weighted by molar-refractivity contribution is 4.90. The molecule has 0 aliphatic heterocycles. The molecule has 0 heterocycles. The van der Waals surface area contributed by atoms with Crippen LogP contribution in [0.4, 0.5) is 0 Å². The zero-order valence-corrected chi connectivity index (χ0v) is 11.1. The maximum absolute atomic E-state index is 8.99. The first-order valence-electron chi connectivity index (χ1n) is 6.57. The van der Waals surface area contributed by atoms with Crippen LogP contribution in [0.3, 0.4) is 0 Å². The van der Waals surface area contributed by atoms with Gasteiger partial charge in [-0.25, -0.2) is 0 Å². The number of nitrogens with zero attached hydrogens (tertiary/aromatic N) is 1. The van der Waals surface area contributed by atoms with Crippen molar-refractivity contribution < 1.29 is 5.11 Å². The number of aliphatic hydroxyl groups excluding tert-OH is 1. The smallest absolute Gasteiger partial charge is 0.0443 e. The van der Waals surface area contributed by atoms with Gasteiger partial charge in [0.15, 0.2) is 0 Å². The van der Waals surface area contributed by atoms with Gasteiger partial charge < -0.3 is 10.8 Å². The van der Waals surface area contributed by atoms with Gasteiger partial charge in [0.2, 0.25) is 0 Å². The molecule has 1 saturated carbocycles. The second kappa shape index (κ2) is 5.99. The predicted molar refractivity (Wildman–Crippen MR) is 68.3 cm³/mol. The van der Waals surface area contributed by atoms with Crippen LogP contribution in [0, 0.1) is 5.41 Å². The van der Waals surface area contributed by atoms with Crippen LogP contribution in [-0.4, -0.2) is 41.8 Å². The molecule has 0 bridgehead atoms. The normalized spacial score (nSPS) is 19.9. The fraction of sp³-hybridized carbons (Fsp3) is 1.00. The first-order chi connectivity index (χ1) is 7.50. The van der Waals surface area contributed by atoms with E-state index in [1.54, 1.807) is 0 Å². The Morgan fingerprint density at radius 3 is 2.31 bits per heavy atom. The van der Waals surface area contributed by atoms with Crippen LogP contribution in [0.5, 0.6) is 0 Å². The molecule has 0 aromatic carbocycles. The lowest BCUT2D eigenvalue weighted by Gasteiger charge is -2.47. The molecule has 3 heteroatoms. The average Bonchev–Trinajstić information content (AvgIpc) is 2.09. The summed E-state index contributed by atoms with van der Waals surface area (Å²) in [4.78, 5) is 2.54. The van der Waals surface area contributed by atoms with E-state index in [9.17, 15) is 0 Å². The molecule has 0 amide bonds. The van der Waals surface area contributed by atoms with Gasteiger partial charge in [-0.3, -0.25) is 4.90 Å². The molecule has 96 valence electrons. The minimum absolute atomic E-state index is 0.222. The Balaban J connectivity index is 2.64. The fourth-order valence-electron chi connectivity index (χ4n) is 2.55. The summed E-state index contributed by atoms with van der Waals surface area (Å²) < 4.78 is 0. The van der Waals surface area contributed by atoms with Crippen LogP contribution >= 0.6 is 0 Å². The topological polar surface area (TPSA) is 49.5 Å². The maximum Gasteiger partial charge on any atom is 0.0443 e. The summed E-state index contributed by atoms with van der Waals surface area (Å²) in [7, 11) is 0. The zero-order chi connectivity index (χ0) is 12.2. The van der Waals surface area contributed by atoms with Gasteiger partial charge in [-0.2, -0.15) is 0 Å². The zero-order valence-electron chi connectivity index (χ0n) is 11.1. The third-order valence-electron chi connectivity index (χ3n) is 3.74. The molecule has 3 nitrogen and oxygen atoms in total. The number of hydrogen-bond acceptors (Lipinski definition) is 3. The summed E-state index contributed by atoms with van der Waals surface area (Å²) in [5.41, 5.74) is 6.17. The lowest BCUT2D eigenvalue weighted by molar-refractivity contribution is 0.0242. The molecule has 0 radical (unpaired) electrons. The molecule has 1 aliphatic rings. The van der Waals surface area contributed by atoms with Crippen molar-refractivity contribution in [1.82, 2.24) is 4.90 Å². The Hall–Kier alpha value is -0.120. The third kappa shape index (κ3) is 3.44. The van der Waals surface area contributed by atoms with E-state index < -0.39 is 0 Å². The first kappa shape index (κ1) is 13.9. The Morgan fingerprint density at radius 1 is 1.38 bits per heavy atom. The molecule has 0 aromatic heterocycles. The van der Waals surface area contributed by atoms with E-state index in [0.29, 0.717) is 18.6 Å². The van der Waals surface area contributed by atoms with Gasteiger partial charge in [0, 0.05) is 31.8 Å². The molecule has 0 spiro atoms. The van der Waals surface area contributed by atoms with Gasteiger partial charge in [0.05, 0.1) is 0 Å². The van der Waals surface area contributed by atoms with Gasteiger partial charge in [0.1, 0.15) is 0 Å². The summed E-state index contributed by atoms with van der Waals surface area (Å²) in [5, 5.41) is 8.99. The highest BCUT2D eigenvalue weighted by Gasteiger charge is 2.35. The monoisotopic (exact) mass is 228 g/mol. The molecular formula is C13H28N2O. The van der Waals surface area contributed by atoms with Crippen LogP contribution in [0.2, 0.25) is 0 Å². The van der Waals surface area contributed by atoms with Crippen molar-refractivity contribution in [3.8, 4) is 0 Å². The molecule has 1 unspecified atom stereocenters. The largest absolute Gasteiger partial charge is 0.396 e. The van der Waals surface area contributed by atoms with Crippen LogP contribution < -0.4 is 5.73 Å². The van der Waals surface area contributed by atoms with E-state index in [-0.39, 0.29) is 12.0 Å². The number of rotatable bonds is 6.